The van der Waals surface area contributed by atoms with E-state index in [0.29, 0.717) is 12.0 Å². The molecule has 0 bridgehead atoms. The molecule has 1 aromatic heterocycles. The highest BCUT2D eigenvalue weighted by molar-refractivity contribution is 8.00. The molecule has 0 saturated heterocycles. The van der Waals surface area contributed by atoms with Crippen molar-refractivity contribution in [3.05, 3.63) is 41.7 Å². The summed E-state index contributed by atoms with van der Waals surface area (Å²) in [6.45, 7) is 4.12. The Kier molecular flexibility index (Phi) is 5.53. The molecule has 27 heavy (non-hydrogen) atoms. The molecule has 2 aliphatic rings. The Hall–Kier alpha value is -1.82. The van der Waals surface area contributed by atoms with Gasteiger partial charge >= 0.3 is 0 Å². The van der Waals surface area contributed by atoms with Gasteiger partial charge in [0, 0.05) is 12.0 Å². The SMILES string of the molecule is CCC[C@H](NC(=O)[C@H](C)Sc1nnc(C2CC2)n1C1CC1)c1ccccc1. The van der Waals surface area contributed by atoms with Crippen LogP contribution in [-0.2, 0) is 4.79 Å². The van der Waals surface area contributed by atoms with Crippen molar-refractivity contribution < 1.29 is 4.79 Å². The van der Waals surface area contributed by atoms with Gasteiger partial charge in [-0.15, -0.1) is 10.2 Å². The summed E-state index contributed by atoms with van der Waals surface area (Å²) >= 11 is 1.55. The van der Waals surface area contributed by atoms with E-state index in [2.05, 4.69) is 39.1 Å². The molecule has 1 heterocycles. The van der Waals surface area contributed by atoms with Crippen molar-refractivity contribution >= 4 is 17.7 Å². The summed E-state index contributed by atoms with van der Waals surface area (Å²) in [4.78, 5) is 12.9. The maximum atomic E-state index is 12.9. The Morgan fingerprint density at radius 3 is 2.59 bits per heavy atom. The molecule has 2 aliphatic carbocycles. The second kappa shape index (κ2) is 8.05. The fraction of sp³-hybridized carbons (Fsp3) is 0.571. The third kappa shape index (κ3) is 4.37. The first-order valence-electron chi connectivity index (χ1n) is 10.1. The molecule has 0 unspecified atom stereocenters. The lowest BCUT2D eigenvalue weighted by atomic mass is 10.0. The first-order valence-corrected chi connectivity index (χ1v) is 11.0. The van der Waals surface area contributed by atoms with E-state index in [-0.39, 0.29) is 17.2 Å². The van der Waals surface area contributed by atoms with Gasteiger partial charge in [0.15, 0.2) is 5.16 Å². The van der Waals surface area contributed by atoms with E-state index in [1.165, 1.54) is 31.2 Å². The van der Waals surface area contributed by atoms with Gasteiger partial charge in [0.2, 0.25) is 5.91 Å². The number of nitrogens with one attached hydrogen (secondary N) is 1. The van der Waals surface area contributed by atoms with E-state index in [4.69, 9.17) is 0 Å². The van der Waals surface area contributed by atoms with E-state index >= 15 is 0 Å². The summed E-state index contributed by atoms with van der Waals surface area (Å²) in [5, 5.41) is 12.8. The van der Waals surface area contributed by atoms with E-state index in [1.807, 2.05) is 25.1 Å². The Balaban J connectivity index is 1.43. The Morgan fingerprint density at radius 1 is 1.22 bits per heavy atom. The predicted octanol–water partition coefficient (Wildman–Crippen LogP) is 4.63. The van der Waals surface area contributed by atoms with Crippen molar-refractivity contribution in [2.24, 2.45) is 0 Å². The van der Waals surface area contributed by atoms with Crippen LogP contribution in [0.15, 0.2) is 35.5 Å². The van der Waals surface area contributed by atoms with E-state index in [1.54, 1.807) is 11.8 Å². The highest BCUT2D eigenvalue weighted by Crippen LogP contribution is 2.46. The zero-order chi connectivity index (χ0) is 18.8. The van der Waals surface area contributed by atoms with Crippen LogP contribution in [-0.4, -0.2) is 25.9 Å². The fourth-order valence-corrected chi connectivity index (χ4v) is 4.40. The van der Waals surface area contributed by atoms with E-state index < -0.39 is 0 Å². The zero-order valence-corrected chi connectivity index (χ0v) is 16.9. The van der Waals surface area contributed by atoms with Crippen LogP contribution in [0, 0.1) is 0 Å². The number of hydrogen-bond acceptors (Lipinski definition) is 4. The van der Waals surface area contributed by atoms with Crippen molar-refractivity contribution in [2.45, 2.75) is 80.8 Å². The third-order valence-corrected chi connectivity index (χ3v) is 6.35. The summed E-state index contributed by atoms with van der Waals surface area (Å²) < 4.78 is 2.31. The molecule has 2 aromatic rings. The zero-order valence-electron chi connectivity index (χ0n) is 16.1. The minimum Gasteiger partial charge on any atom is -0.348 e. The fourth-order valence-electron chi connectivity index (χ4n) is 3.46. The second-order valence-corrected chi connectivity index (χ2v) is 9.04. The molecule has 4 rings (SSSR count). The molecule has 6 heteroatoms. The van der Waals surface area contributed by atoms with Crippen LogP contribution in [0.3, 0.4) is 0 Å². The number of carbonyl (C=O) groups excluding carboxylic acids is 1. The highest BCUT2D eigenvalue weighted by Gasteiger charge is 2.37. The number of benzene rings is 1. The lowest BCUT2D eigenvalue weighted by Gasteiger charge is -2.21. The van der Waals surface area contributed by atoms with Gasteiger partial charge in [-0.3, -0.25) is 4.79 Å². The topological polar surface area (TPSA) is 59.8 Å². The van der Waals surface area contributed by atoms with Gasteiger partial charge in [-0.25, -0.2) is 0 Å². The number of amides is 1. The van der Waals surface area contributed by atoms with Gasteiger partial charge in [-0.2, -0.15) is 0 Å². The Morgan fingerprint density at radius 2 is 1.96 bits per heavy atom. The lowest BCUT2D eigenvalue weighted by molar-refractivity contribution is -0.121. The maximum absolute atomic E-state index is 12.9. The van der Waals surface area contributed by atoms with Crippen LogP contribution in [0.2, 0.25) is 0 Å². The number of aromatic nitrogens is 3. The van der Waals surface area contributed by atoms with Crippen molar-refractivity contribution in [1.82, 2.24) is 20.1 Å². The monoisotopic (exact) mass is 384 g/mol. The summed E-state index contributed by atoms with van der Waals surface area (Å²) in [6.07, 6.45) is 6.83. The molecule has 2 fully saturated rings. The van der Waals surface area contributed by atoms with Crippen molar-refractivity contribution in [3.8, 4) is 0 Å². The van der Waals surface area contributed by atoms with Crippen LogP contribution >= 0.6 is 11.8 Å². The Bertz CT molecular complexity index is 783. The summed E-state index contributed by atoms with van der Waals surface area (Å²) in [5.74, 6) is 1.80. The van der Waals surface area contributed by atoms with Crippen LogP contribution in [0.4, 0.5) is 0 Å². The molecule has 1 N–H and O–H groups in total. The van der Waals surface area contributed by atoms with Crippen molar-refractivity contribution in [3.63, 3.8) is 0 Å². The second-order valence-electron chi connectivity index (χ2n) is 7.74. The van der Waals surface area contributed by atoms with Gasteiger partial charge in [0.1, 0.15) is 5.82 Å². The molecule has 1 aromatic carbocycles. The molecule has 2 atom stereocenters. The number of rotatable bonds is 9. The minimum atomic E-state index is -0.193. The summed E-state index contributed by atoms with van der Waals surface area (Å²) in [6, 6.07) is 10.9. The Labute approximate surface area is 165 Å². The average molecular weight is 385 g/mol. The van der Waals surface area contributed by atoms with Crippen LogP contribution in [0.5, 0.6) is 0 Å². The standard InChI is InChI=1S/C21H28N4OS/c1-3-7-18(15-8-5-4-6-9-15)22-20(26)14(2)27-21-24-23-19(16-10-11-16)25(21)17-12-13-17/h4-6,8-9,14,16-18H,3,7,10-13H2,1-2H3,(H,22,26)/t14-,18-/m0/s1. The third-order valence-electron chi connectivity index (χ3n) is 5.29. The number of hydrogen-bond donors (Lipinski definition) is 1. The smallest absolute Gasteiger partial charge is 0.233 e. The van der Waals surface area contributed by atoms with Crippen LogP contribution < -0.4 is 5.32 Å². The predicted molar refractivity (Wildman–Crippen MR) is 108 cm³/mol. The average Bonchev–Trinajstić information content (AvgIpc) is 3.61. The minimum absolute atomic E-state index is 0.0649. The molecule has 2 saturated carbocycles. The molecule has 0 spiro atoms. The first kappa shape index (κ1) is 18.5. The van der Waals surface area contributed by atoms with Gasteiger partial charge in [0.25, 0.3) is 0 Å². The molecule has 0 aliphatic heterocycles. The first-order chi connectivity index (χ1) is 13.2. The molecule has 144 valence electrons. The van der Waals surface area contributed by atoms with Gasteiger partial charge in [0.05, 0.1) is 11.3 Å². The van der Waals surface area contributed by atoms with E-state index in [9.17, 15) is 4.79 Å². The molecule has 1 amide bonds. The maximum Gasteiger partial charge on any atom is 0.233 e. The molecule has 5 nitrogen and oxygen atoms in total. The number of thioether (sulfide) groups is 1. The highest BCUT2D eigenvalue weighted by atomic mass is 32.2. The largest absolute Gasteiger partial charge is 0.348 e. The van der Waals surface area contributed by atoms with Gasteiger partial charge in [-0.05, 0) is 44.6 Å². The lowest BCUT2D eigenvalue weighted by Crippen LogP contribution is -2.34. The molecule has 0 radical (unpaired) electrons. The summed E-state index contributed by atoms with van der Waals surface area (Å²) in [5.41, 5.74) is 1.17. The van der Waals surface area contributed by atoms with Gasteiger partial charge in [-0.1, -0.05) is 55.4 Å². The van der Waals surface area contributed by atoms with Crippen LogP contribution in [0.1, 0.15) is 81.8 Å². The van der Waals surface area contributed by atoms with Crippen LogP contribution in [0.25, 0.3) is 0 Å². The molecular weight excluding hydrogens is 356 g/mol. The normalized spacial score (nSPS) is 18.9. The number of nitrogens with zero attached hydrogens (tertiary/aromatic N) is 3. The number of carbonyl (C=O) groups is 1. The quantitative estimate of drug-likeness (QED) is 0.641. The van der Waals surface area contributed by atoms with Gasteiger partial charge < -0.3 is 9.88 Å². The molecular formula is C21H28N4OS. The van der Waals surface area contributed by atoms with Crippen molar-refractivity contribution in [2.75, 3.05) is 0 Å². The summed E-state index contributed by atoms with van der Waals surface area (Å²) in [7, 11) is 0. The van der Waals surface area contributed by atoms with Crippen molar-refractivity contribution in [1.29, 1.82) is 0 Å². The van der Waals surface area contributed by atoms with E-state index in [0.717, 1.165) is 23.8 Å².